The fourth-order valence-corrected chi connectivity index (χ4v) is 3.37. The van der Waals surface area contributed by atoms with Crippen LogP contribution < -0.4 is 5.32 Å². The number of nitrogens with one attached hydrogen (secondary N) is 1. The molecule has 0 fully saturated rings. The molecule has 4 rings (SSSR count). The smallest absolute Gasteiger partial charge is 0.323 e. The van der Waals surface area contributed by atoms with E-state index in [1.165, 1.54) is 6.07 Å². The van der Waals surface area contributed by atoms with Crippen LogP contribution in [0.2, 0.25) is 0 Å². The van der Waals surface area contributed by atoms with Crippen molar-refractivity contribution in [3.05, 3.63) is 78.1 Å². The highest BCUT2D eigenvalue weighted by atomic mass is 19.4. The average Bonchev–Trinajstić information content (AvgIpc) is 3.18. The van der Waals surface area contributed by atoms with Crippen molar-refractivity contribution in [1.82, 2.24) is 19.7 Å². The molecule has 0 amide bonds. The minimum atomic E-state index is -4.42. The standard InChI is InChI=1S/C24H22F3N5/c1-15(2)32-22(19-5-4-6-20(14-19)24(25,26)27)30-23(31-32)29-21-9-7-17(8-10-21)18-11-12-28-16(3)13-18/h4-15H,1-3H3,(H,29,31). The number of anilines is 2. The molecule has 1 N–H and O–H groups in total. The SMILES string of the molecule is Cc1cc(-c2ccc(Nc3nc(-c4cccc(C(F)(F)F)c4)n(C(C)C)n3)cc2)ccn1. The molecule has 0 unspecified atom stereocenters. The Morgan fingerprint density at radius 3 is 2.31 bits per heavy atom. The molecule has 4 aromatic rings. The van der Waals surface area contributed by atoms with Gasteiger partial charge in [0, 0.05) is 29.2 Å². The molecule has 2 aromatic carbocycles. The number of aromatic nitrogens is 4. The second-order valence-corrected chi connectivity index (χ2v) is 7.76. The maximum absolute atomic E-state index is 13.2. The molecular formula is C24H22F3N5. The lowest BCUT2D eigenvalue weighted by Gasteiger charge is -2.11. The normalized spacial score (nSPS) is 11.7. The molecule has 0 saturated heterocycles. The molecule has 0 bridgehead atoms. The Hall–Kier alpha value is -3.68. The number of hydrogen-bond acceptors (Lipinski definition) is 4. The van der Waals surface area contributed by atoms with Crippen LogP contribution in [-0.2, 0) is 6.18 Å². The number of nitrogens with zero attached hydrogens (tertiary/aromatic N) is 4. The van der Waals surface area contributed by atoms with Crippen molar-refractivity contribution in [3.8, 4) is 22.5 Å². The first-order chi connectivity index (χ1) is 15.2. The predicted octanol–water partition coefficient (Wildman–Crippen LogP) is 6.66. The van der Waals surface area contributed by atoms with E-state index in [0.717, 1.165) is 34.6 Å². The van der Waals surface area contributed by atoms with Gasteiger partial charge in [0.1, 0.15) is 0 Å². The van der Waals surface area contributed by atoms with Gasteiger partial charge in [-0.1, -0.05) is 24.3 Å². The van der Waals surface area contributed by atoms with Gasteiger partial charge in [0.25, 0.3) is 0 Å². The van der Waals surface area contributed by atoms with E-state index in [0.29, 0.717) is 17.3 Å². The zero-order chi connectivity index (χ0) is 22.9. The van der Waals surface area contributed by atoms with Crippen LogP contribution in [0.3, 0.4) is 0 Å². The third kappa shape index (κ3) is 4.64. The van der Waals surface area contributed by atoms with Crippen molar-refractivity contribution in [2.75, 3.05) is 5.32 Å². The van der Waals surface area contributed by atoms with Crippen LogP contribution in [0, 0.1) is 6.92 Å². The fourth-order valence-electron chi connectivity index (χ4n) is 3.37. The minimum absolute atomic E-state index is 0.0834. The van der Waals surface area contributed by atoms with Gasteiger partial charge in [0.15, 0.2) is 5.82 Å². The van der Waals surface area contributed by atoms with Gasteiger partial charge in [-0.2, -0.15) is 18.2 Å². The number of halogens is 3. The summed E-state index contributed by atoms with van der Waals surface area (Å²) in [5.41, 5.74) is 3.47. The van der Waals surface area contributed by atoms with Crippen LogP contribution in [0.1, 0.15) is 31.1 Å². The first kappa shape index (κ1) is 21.5. The van der Waals surface area contributed by atoms with Crippen molar-refractivity contribution in [2.24, 2.45) is 0 Å². The highest BCUT2D eigenvalue weighted by Gasteiger charge is 2.31. The van der Waals surface area contributed by atoms with Crippen LogP contribution >= 0.6 is 0 Å². The van der Waals surface area contributed by atoms with E-state index in [9.17, 15) is 13.2 Å². The van der Waals surface area contributed by atoms with Gasteiger partial charge >= 0.3 is 6.18 Å². The summed E-state index contributed by atoms with van der Waals surface area (Å²) < 4.78 is 41.1. The largest absolute Gasteiger partial charge is 0.416 e. The topological polar surface area (TPSA) is 55.6 Å². The summed E-state index contributed by atoms with van der Waals surface area (Å²) in [5.74, 6) is 0.691. The molecule has 2 aromatic heterocycles. The van der Waals surface area contributed by atoms with Gasteiger partial charge in [-0.3, -0.25) is 4.98 Å². The van der Waals surface area contributed by atoms with E-state index in [4.69, 9.17) is 0 Å². The van der Waals surface area contributed by atoms with Gasteiger partial charge in [0.2, 0.25) is 5.95 Å². The molecule has 32 heavy (non-hydrogen) atoms. The maximum atomic E-state index is 13.2. The number of alkyl halides is 3. The monoisotopic (exact) mass is 437 g/mol. The lowest BCUT2D eigenvalue weighted by Crippen LogP contribution is -2.07. The second-order valence-electron chi connectivity index (χ2n) is 7.76. The van der Waals surface area contributed by atoms with Crippen LogP contribution in [0.25, 0.3) is 22.5 Å². The molecular weight excluding hydrogens is 415 g/mol. The molecule has 0 aliphatic heterocycles. The van der Waals surface area contributed by atoms with Crippen LogP contribution in [0.5, 0.6) is 0 Å². The van der Waals surface area contributed by atoms with Gasteiger partial charge in [-0.05, 0) is 68.3 Å². The summed E-state index contributed by atoms with van der Waals surface area (Å²) >= 11 is 0. The third-order valence-corrected chi connectivity index (χ3v) is 4.94. The van der Waals surface area contributed by atoms with E-state index in [1.807, 2.05) is 57.2 Å². The lowest BCUT2D eigenvalue weighted by atomic mass is 10.1. The predicted molar refractivity (Wildman–Crippen MR) is 119 cm³/mol. The highest BCUT2D eigenvalue weighted by molar-refractivity contribution is 5.68. The van der Waals surface area contributed by atoms with Crippen molar-refractivity contribution in [1.29, 1.82) is 0 Å². The first-order valence-corrected chi connectivity index (χ1v) is 10.1. The molecule has 0 aliphatic carbocycles. The third-order valence-electron chi connectivity index (χ3n) is 4.94. The van der Waals surface area contributed by atoms with Crippen molar-refractivity contribution in [2.45, 2.75) is 33.0 Å². The van der Waals surface area contributed by atoms with Gasteiger partial charge in [0.05, 0.1) is 5.56 Å². The first-order valence-electron chi connectivity index (χ1n) is 10.1. The second kappa shape index (κ2) is 8.45. The van der Waals surface area contributed by atoms with E-state index < -0.39 is 11.7 Å². The summed E-state index contributed by atoms with van der Waals surface area (Å²) in [5, 5.41) is 7.62. The maximum Gasteiger partial charge on any atom is 0.416 e. The Morgan fingerprint density at radius 2 is 1.66 bits per heavy atom. The average molecular weight is 437 g/mol. The zero-order valence-electron chi connectivity index (χ0n) is 17.9. The molecule has 5 nitrogen and oxygen atoms in total. The molecule has 8 heteroatoms. The molecule has 0 saturated carbocycles. The summed E-state index contributed by atoms with van der Waals surface area (Å²) in [6.07, 6.45) is -2.65. The van der Waals surface area contributed by atoms with Crippen molar-refractivity contribution < 1.29 is 13.2 Å². The minimum Gasteiger partial charge on any atom is -0.323 e. The van der Waals surface area contributed by atoms with E-state index >= 15 is 0 Å². The number of hydrogen-bond donors (Lipinski definition) is 1. The molecule has 0 spiro atoms. The van der Waals surface area contributed by atoms with Crippen molar-refractivity contribution >= 4 is 11.6 Å². The van der Waals surface area contributed by atoms with Crippen molar-refractivity contribution in [3.63, 3.8) is 0 Å². The summed E-state index contributed by atoms with van der Waals surface area (Å²) in [7, 11) is 0. The molecule has 164 valence electrons. The Labute approximate surface area is 184 Å². The van der Waals surface area contributed by atoms with E-state index in [1.54, 1.807) is 16.9 Å². The number of pyridine rings is 1. The van der Waals surface area contributed by atoms with Gasteiger partial charge < -0.3 is 5.32 Å². The summed E-state index contributed by atoms with van der Waals surface area (Å²) in [6.45, 7) is 5.75. The zero-order valence-corrected chi connectivity index (χ0v) is 17.9. The molecule has 0 atom stereocenters. The number of benzene rings is 2. The van der Waals surface area contributed by atoms with Gasteiger partial charge in [-0.15, -0.1) is 5.10 Å². The quantitative estimate of drug-likeness (QED) is 0.379. The lowest BCUT2D eigenvalue weighted by molar-refractivity contribution is -0.137. The Bertz CT molecular complexity index is 1230. The van der Waals surface area contributed by atoms with E-state index in [-0.39, 0.29) is 6.04 Å². The van der Waals surface area contributed by atoms with Crippen LogP contribution in [-0.4, -0.2) is 19.7 Å². The Balaban J connectivity index is 1.62. The van der Waals surface area contributed by atoms with E-state index in [2.05, 4.69) is 20.4 Å². The number of rotatable bonds is 5. The van der Waals surface area contributed by atoms with Crippen LogP contribution in [0.4, 0.5) is 24.8 Å². The summed E-state index contributed by atoms with van der Waals surface area (Å²) in [4.78, 5) is 8.69. The summed E-state index contributed by atoms with van der Waals surface area (Å²) in [6, 6.07) is 16.8. The Morgan fingerprint density at radius 1 is 0.906 bits per heavy atom. The van der Waals surface area contributed by atoms with Crippen LogP contribution in [0.15, 0.2) is 66.9 Å². The Kier molecular flexibility index (Phi) is 5.69. The molecule has 0 aliphatic rings. The molecule has 0 radical (unpaired) electrons. The fraction of sp³-hybridized carbons (Fsp3) is 0.208. The number of aryl methyl sites for hydroxylation is 1. The highest BCUT2D eigenvalue weighted by Crippen LogP contribution is 2.33. The van der Waals surface area contributed by atoms with Gasteiger partial charge in [-0.25, -0.2) is 4.68 Å². The molecule has 2 heterocycles.